The van der Waals surface area contributed by atoms with Crippen LogP contribution in [-0.4, -0.2) is 25.6 Å². The molecule has 5 nitrogen and oxygen atoms in total. The first-order valence-corrected chi connectivity index (χ1v) is 4.00. The lowest BCUT2D eigenvalue weighted by molar-refractivity contribution is 0.0696. The molecule has 2 N–H and O–H groups in total. The molecular formula is C9H8N2O3. The molecule has 2 aromatic heterocycles. The van der Waals surface area contributed by atoms with Crippen molar-refractivity contribution < 1.29 is 15.0 Å². The summed E-state index contributed by atoms with van der Waals surface area (Å²) < 4.78 is 1.35. The van der Waals surface area contributed by atoms with E-state index in [4.69, 9.17) is 5.11 Å². The van der Waals surface area contributed by atoms with Gasteiger partial charge in [-0.05, 0) is 19.1 Å². The van der Waals surface area contributed by atoms with Crippen molar-refractivity contribution in [2.24, 2.45) is 0 Å². The number of hydrogen-bond donors (Lipinski definition) is 2. The normalized spacial score (nSPS) is 10.6. The Balaban J connectivity index is 2.76. The number of imidazole rings is 1. The van der Waals surface area contributed by atoms with E-state index in [1.807, 2.05) is 0 Å². The summed E-state index contributed by atoms with van der Waals surface area (Å²) in [6, 6.07) is 3.00. The number of fused-ring (bicyclic) bond motifs is 1. The first-order chi connectivity index (χ1) is 6.59. The summed E-state index contributed by atoms with van der Waals surface area (Å²) >= 11 is 0. The number of pyridine rings is 1. The Morgan fingerprint density at radius 1 is 1.50 bits per heavy atom. The molecule has 0 fully saturated rings. The number of carboxylic acid groups (broad SMARTS) is 1. The Morgan fingerprint density at radius 2 is 2.21 bits per heavy atom. The molecule has 2 rings (SSSR count). The minimum Gasteiger partial charge on any atom is -0.493 e. The minimum atomic E-state index is -1.03. The van der Waals surface area contributed by atoms with Crippen LogP contribution >= 0.6 is 0 Å². The molecule has 0 amide bonds. The van der Waals surface area contributed by atoms with E-state index in [9.17, 15) is 9.90 Å². The summed E-state index contributed by atoms with van der Waals surface area (Å²) in [7, 11) is 0. The van der Waals surface area contributed by atoms with E-state index in [1.165, 1.54) is 16.7 Å². The molecule has 0 saturated heterocycles. The van der Waals surface area contributed by atoms with E-state index in [0.29, 0.717) is 11.3 Å². The lowest BCUT2D eigenvalue weighted by Gasteiger charge is -1.97. The number of aromatic nitrogens is 2. The quantitative estimate of drug-likeness (QED) is 0.708. The van der Waals surface area contributed by atoms with Gasteiger partial charge in [-0.2, -0.15) is 0 Å². The van der Waals surface area contributed by atoms with Crippen LogP contribution in [0.5, 0.6) is 5.88 Å². The third kappa shape index (κ3) is 1.10. The van der Waals surface area contributed by atoms with Crippen LogP contribution in [0.1, 0.15) is 16.1 Å². The van der Waals surface area contributed by atoms with Crippen LogP contribution < -0.4 is 0 Å². The Morgan fingerprint density at radius 3 is 2.86 bits per heavy atom. The summed E-state index contributed by atoms with van der Waals surface area (Å²) in [6.45, 7) is 1.66. The third-order valence-corrected chi connectivity index (χ3v) is 2.01. The Bertz CT molecular complexity index is 516. The Labute approximate surface area is 79.2 Å². The van der Waals surface area contributed by atoms with Gasteiger partial charge in [-0.1, -0.05) is 0 Å². The zero-order valence-electron chi connectivity index (χ0n) is 7.43. The lowest BCUT2D eigenvalue weighted by Crippen LogP contribution is -1.98. The number of hydrogen-bond acceptors (Lipinski definition) is 3. The third-order valence-electron chi connectivity index (χ3n) is 2.01. The molecule has 0 radical (unpaired) electrons. The molecule has 0 unspecified atom stereocenters. The highest BCUT2D eigenvalue weighted by atomic mass is 16.4. The predicted octanol–water partition coefficient (Wildman–Crippen LogP) is 1.05. The smallest absolute Gasteiger partial charge is 0.337 e. The van der Waals surface area contributed by atoms with Crippen LogP contribution in [0.3, 0.4) is 0 Å². The molecule has 0 aliphatic carbocycles. The van der Waals surface area contributed by atoms with Crippen molar-refractivity contribution in [1.29, 1.82) is 0 Å². The lowest BCUT2D eigenvalue weighted by atomic mass is 10.3. The number of nitrogens with zero attached hydrogens (tertiary/aromatic N) is 2. The molecule has 0 saturated carbocycles. The van der Waals surface area contributed by atoms with E-state index in [1.54, 1.807) is 13.0 Å². The van der Waals surface area contributed by atoms with E-state index >= 15 is 0 Å². The molecule has 0 aromatic carbocycles. The first-order valence-electron chi connectivity index (χ1n) is 4.00. The minimum absolute atomic E-state index is 0.0249. The predicted molar refractivity (Wildman–Crippen MR) is 48.6 cm³/mol. The monoisotopic (exact) mass is 192 g/mol. The highest BCUT2D eigenvalue weighted by Gasteiger charge is 2.09. The molecule has 2 aromatic rings. The number of aryl methyl sites for hydroxylation is 1. The van der Waals surface area contributed by atoms with E-state index in [-0.39, 0.29) is 11.4 Å². The fourth-order valence-corrected chi connectivity index (χ4v) is 1.28. The molecule has 0 aliphatic heterocycles. The number of rotatable bonds is 1. The number of aromatic carboxylic acids is 1. The van der Waals surface area contributed by atoms with Gasteiger partial charge >= 0.3 is 5.97 Å². The van der Waals surface area contributed by atoms with Crippen LogP contribution in [0.4, 0.5) is 0 Å². The molecule has 0 bridgehead atoms. The second kappa shape index (κ2) is 2.73. The summed E-state index contributed by atoms with van der Waals surface area (Å²) in [5.41, 5.74) is 1.13. The van der Waals surface area contributed by atoms with Gasteiger partial charge < -0.3 is 10.2 Å². The van der Waals surface area contributed by atoms with Crippen molar-refractivity contribution in [2.45, 2.75) is 6.92 Å². The molecule has 0 aliphatic rings. The zero-order chi connectivity index (χ0) is 10.3. The molecule has 0 spiro atoms. The summed E-state index contributed by atoms with van der Waals surface area (Å²) in [6.07, 6.45) is 1.34. The van der Waals surface area contributed by atoms with Gasteiger partial charge in [0.25, 0.3) is 0 Å². The van der Waals surface area contributed by atoms with Crippen molar-refractivity contribution >= 4 is 11.6 Å². The van der Waals surface area contributed by atoms with Gasteiger partial charge in [0, 0.05) is 6.20 Å². The van der Waals surface area contributed by atoms with Gasteiger partial charge in [0.1, 0.15) is 11.3 Å². The molecule has 72 valence electrons. The maximum Gasteiger partial charge on any atom is 0.337 e. The maximum atomic E-state index is 10.6. The first kappa shape index (κ1) is 8.55. The SMILES string of the molecule is Cc1nc2ccc(C(=O)O)cn2c1O. The van der Waals surface area contributed by atoms with Gasteiger partial charge in [-0.3, -0.25) is 4.40 Å². The van der Waals surface area contributed by atoms with Crippen LogP contribution in [0.15, 0.2) is 18.3 Å². The summed E-state index contributed by atoms with van der Waals surface area (Å²) in [5, 5.41) is 18.2. The number of carbonyl (C=O) groups is 1. The van der Waals surface area contributed by atoms with Crippen molar-refractivity contribution in [3.05, 3.63) is 29.6 Å². The summed E-state index contributed by atoms with van der Waals surface area (Å²) in [4.78, 5) is 14.7. The number of aromatic hydroxyl groups is 1. The zero-order valence-corrected chi connectivity index (χ0v) is 7.43. The topological polar surface area (TPSA) is 74.8 Å². The second-order valence-corrected chi connectivity index (χ2v) is 2.97. The highest BCUT2D eigenvalue weighted by Crippen LogP contribution is 2.18. The van der Waals surface area contributed by atoms with Crippen LogP contribution in [0.25, 0.3) is 5.65 Å². The second-order valence-electron chi connectivity index (χ2n) is 2.97. The van der Waals surface area contributed by atoms with E-state index < -0.39 is 5.97 Å². The highest BCUT2D eigenvalue weighted by molar-refractivity contribution is 5.87. The molecule has 2 heterocycles. The van der Waals surface area contributed by atoms with Gasteiger partial charge in [-0.25, -0.2) is 9.78 Å². The van der Waals surface area contributed by atoms with Crippen molar-refractivity contribution in [2.75, 3.05) is 0 Å². The van der Waals surface area contributed by atoms with Crippen LogP contribution in [0, 0.1) is 6.92 Å². The average molecular weight is 192 g/mol. The van der Waals surface area contributed by atoms with Gasteiger partial charge in [0.05, 0.1) is 5.56 Å². The van der Waals surface area contributed by atoms with E-state index in [2.05, 4.69) is 4.98 Å². The molecular weight excluding hydrogens is 184 g/mol. The Kier molecular flexibility index (Phi) is 1.67. The Hall–Kier alpha value is -2.04. The molecule has 0 atom stereocenters. The van der Waals surface area contributed by atoms with Crippen molar-refractivity contribution in [1.82, 2.24) is 9.38 Å². The fourth-order valence-electron chi connectivity index (χ4n) is 1.28. The van der Waals surface area contributed by atoms with E-state index in [0.717, 1.165) is 0 Å². The largest absolute Gasteiger partial charge is 0.493 e. The summed E-state index contributed by atoms with van der Waals surface area (Å²) in [5.74, 6) is -1.05. The maximum absolute atomic E-state index is 10.6. The standard InChI is InChI=1S/C9H8N2O3/c1-5-8(12)11-4-6(9(13)14)2-3-7(11)10-5/h2-4,12H,1H3,(H,13,14). The average Bonchev–Trinajstić information content (AvgIpc) is 2.43. The van der Waals surface area contributed by atoms with Gasteiger partial charge in [-0.15, -0.1) is 0 Å². The number of carboxylic acids is 1. The van der Waals surface area contributed by atoms with Crippen molar-refractivity contribution in [3.63, 3.8) is 0 Å². The van der Waals surface area contributed by atoms with Crippen LogP contribution in [0.2, 0.25) is 0 Å². The van der Waals surface area contributed by atoms with Crippen LogP contribution in [-0.2, 0) is 0 Å². The molecule has 14 heavy (non-hydrogen) atoms. The van der Waals surface area contributed by atoms with Gasteiger partial charge in [0.2, 0.25) is 5.88 Å². The molecule has 5 heteroatoms. The fraction of sp³-hybridized carbons (Fsp3) is 0.111. The van der Waals surface area contributed by atoms with Crippen molar-refractivity contribution in [3.8, 4) is 5.88 Å². The van der Waals surface area contributed by atoms with Gasteiger partial charge in [0.15, 0.2) is 0 Å².